The molecular formula is C16H19NO3. The minimum Gasteiger partial charge on any atom is -0.493 e. The van der Waals surface area contributed by atoms with Gasteiger partial charge in [-0.1, -0.05) is 6.07 Å². The van der Waals surface area contributed by atoms with Gasteiger partial charge in [0.15, 0.2) is 0 Å². The number of likely N-dealkylation sites (tertiary alicyclic amines) is 1. The number of benzene rings is 1. The summed E-state index contributed by atoms with van der Waals surface area (Å²) >= 11 is 0. The number of hydrogen-bond donors (Lipinski definition) is 1. The van der Waals surface area contributed by atoms with Crippen LogP contribution in [0, 0.1) is 0 Å². The van der Waals surface area contributed by atoms with Crippen molar-refractivity contribution in [2.24, 2.45) is 0 Å². The summed E-state index contributed by atoms with van der Waals surface area (Å²) in [4.78, 5) is 13.8. The number of nitrogens with zero attached hydrogens (tertiary/aromatic N) is 1. The first-order valence-corrected chi connectivity index (χ1v) is 7.13. The summed E-state index contributed by atoms with van der Waals surface area (Å²) in [7, 11) is 0. The van der Waals surface area contributed by atoms with Crippen molar-refractivity contribution in [3.63, 3.8) is 0 Å². The SMILES string of the molecule is O=C(/C=C/c1ccc2c(c1)CCO2)N1CCCC(O)C1. The molecular weight excluding hydrogens is 254 g/mol. The van der Waals surface area contributed by atoms with Crippen LogP contribution in [-0.2, 0) is 11.2 Å². The average molecular weight is 273 g/mol. The molecule has 1 fully saturated rings. The first-order chi connectivity index (χ1) is 9.72. The summed E-state index contributed by atoms with van der Waals surface area (Å²) in [6, 6.07) is 5.98. The van der Waals surface area contributed by atoms with Crippen LogP contribution in [0.2, 0.25) is 0 Å². The van der Waals surface area contributed by atoms with Gasteiger partial charge in [-0.15, -0.1) is 0 Å². The highest BCUT2D eigenvalue weighted by atomic mass is 16.5. The van der Waals surface area contributed by atoms with Gasteiger partial charge in [-0.05, 0) is 42.2 Å². The second-order valence-corrected chi connectivity index (χ2v) is 5.38. The van der Waals surface area contributed by atoms with Gasteiger partial charge in [0.05, 0.1) is 12.7 Å². The standard InChI is InChI=1S/C16H19NO3/c18-14-2-1-8-17(11-14)16(19)6-4-12-3-5-15-13(10-12)7-9-20-15/h3-6,10,14,18H,1-2,7-9,11H2/b6-4+. The maximum absolute atomic E-state index is 12.1. The second kappa shape index (κ2) is 5.67. The summed E-state index contributed by atoms with van der Waals surface area (Å²) in [5.74, 6) is 0.924. The molecule has 1 aromatic carbocycles. The number of amides is 1. The maximum Gasteiger partial charge on any atom is 0.246 e. The third kappa shape index (κ3) is 2.85. The molecule has 1 atom stereocenters. The summed E-state index contributed by atoms with van der Waals surface area (Å²) < 4.78 is 5.46. The Kier molecular flexibility index (Phi) is 3.74. The Labute approximate surface area is 118 Å². The zero-order valence-electron chi connectivity index (χ0n) is 11.4. The van der Waals surface area contributed by atoms with E-state index < -0.39 is 0 Å². The molecule has 2 aliphatic heterocycles. The fourth-order valence-corrected chi connectivity index (χ4v) is 2.74. The zero-order chi connectivity index (χ0) is 13.9. The van der Waals surface area contributed by atoms with Crippen LogP contribution < -0.4 is 4.74 Å². The van der Waals surface area contributed by atoms with Crippen molar-refractivity contribution in [3.8, 4) is 5.75 Å². The predicted octanol–water partition coefficient (Wildman–Crippen LogP) is 1.62. The molecule has 0 aliphatic carbocycles. The number of β-amino-alcohol motifs (C(OH)–C–C–N with tert-alkyl or cyclic N) is 1. The zero-order valence-corrected chi connectivity index (χ0v) is 11.4. The topological polar surface area (TPSA) is 49.8 Å². The van der Waals surface area contributed by atoms with Gasteiger partial charge in [0.1, 0.15) is 5.75 Å². The van der Waals surface area contributed by atoms with Gasteiger partial charge in [-0.3, -0.25) is 4.79 Å². The molecule has 106 valence electrons. The molecule has 0 bridgehead atoms. The molecule has 4 nitrogen and oxygen atoms in total. The van der Waals surface area contributed by atoms with E-state index in [0.29, 0.717) is 6.54 Å². The Morgan fingerprint density at radius 3 is 3.20 bits per heavy atom. The van der Waals surface area contributed by atoms with E-state index in [1.54, 1.807) is 11.0 Å². The van der Waals surface area contributed by atoms with Gasteiger partial charge in [0.25, 0.3) is 0 Å². The molecule has 0 spiro atoms. The van der Waals surface area contributed by atoms with E-state index in [0.717, 1.165) is 43.7 Å². The molecule has 20 heavy (non-hydrogen) atoms. The lowest BCUT2D eigenvalue weighted by molar-refractivity contribution is -0.128. The highest BCUT2D eigenvalue weighted by molar-refractivity contribution is 5.91. The molecule has 2 heterocycles. The Balaban J connectivity index is 1.66. The number of ether oxygens (including phenoxy) is 1. The number of fused-ring (bicyclic) bond motifs is 1. The van der Waals surface area contributed by atoms with Crippen LogP contribution in [0.15, 0.2) is 24.3 Å². The third-order valence-electron chi connectivity index (χ3n) is 3.84. The Morgan fingerprint density at radius 2 is 2.35 bits per heavy atom. The van der Waals surface area contributed by atoms with Crippen molar-refractivity contribution in [2.75, 3.05) is 19.7 Å². The molecule has 1 unspecified atom stereocenters. The molecule has 1 saturated heterocycles. The van der Waals surface area contributed by atoms with E-state index in [1.807, 2.05) is 18.2 Å². The highest BCUT2D eigenvalue weighted by Gasteiger charge is 2.20. The minimum absolute atomic E-state index is 0.0273. The Morgan fingerprint density at radius 1 is 1.45 bits per heavy atom. The van der Waals surface area contributed by atoms with Gasteiger partial charge < -0.3 is 14.7 Å². The van der Waals surface area contributed by atoms with Crippen molar-refractivity contribution in [2.45, 2.75) is 25.4 Å². The van der Waals surface area contributed by atoms with Gasteiger partial charge in [-0.25, -0.2) is 0 Å². The van der Waals surface area contributed by atoms with Crippen molar-refractivity contribution in [3.05, 3.63) is 35.4 Å². The van der Waals surface area contributed by atoms with Gasteiger partial charge in [0, 0.05) is 25.6 Å². The number of carbonyl (C=O) groups is 1. The van der Waals surface area contributed by atoms with Crippen LogP contribution in [0.1, 0.15) is 24.0 Å². The van der Waals surface area contributed by atoms with Crippen LogP contribution in [0.25, 0.3) is 6.08 Å². The van der Waals surface area contributed by atoms with E-state index in [1.165, 1.54) is 5.56 Å². The molecule has 0 saturated carbocycles. The average Bonchev–Trinajstić information content (AvgIpc) is 2.92. The number of rotatable bonds is 2. The highest BCUT2D eigenvalue weighted by Crippen LogP contribution is 2.26. The van der Waals surface area contributed by atoms with Gasteiger partial charge in [-0.2, -0.15) is 0 Å². The lowest BCUT2D eigenvalue weighted by atomic mass is 10.1. The first kappa shape index (κ1) is 13.2. The fourth-order valence-electron chi connectivity index (χ4n) is 2.74. The molecule has 1 N–H and O–H groups in total. The van der Waals surface area contributed by atoms with Gasteiger partial charge >= 0.3 is 0 Å². The van der Waals surface area contributed by atoms with E-state index in [4.69, 9.17) is 4.74 Å². The molecule has 4 heteroatoms. The van der Waals surface area contributed by atoms with Crippen LogP contribution in [0.3, 0.4) is 0 Å². The fraction of sp³-hybridized carbons (Fsp3) is 0.438. The molecule has 2 aliphatic rings. The van der Waals surface area contributed by atoms with Gasteiger partial charge in [0.2, 0.25) is 5.91 Å². The van der Waals surface area contributed by atoms with Crippen molar-refractivity contribution in [1.82, 2.24) is 4.90 Å². The van der Waals surface area contributed by atoms with Crippen molar-refractivity contribution < 1.29 is 14.6 Å². The van der Waals surface area contributed by atoms with Crippen LogP contribution in [0.4, 0.5) is 0 Å². The van der Waals surface area contributed by atoms with Crippen molar-refractivity contribution in [1.29, 1.82) is 0 Å². The summed E-state index contributed by atoms with van der Waals surface area (Å²) in [5, 5.41) is 9.59. The number of piperidine rings is 1. The van der Waals surface area contributed by atoms with Crippen LogP contribution >= 0.6 is 0 Å². The summed E-state index contributed by atoms with van der Waals surface area (Å²) in [5.41, 5.74) is 2.22. The summed E-state index contributed by atoms with van der Waals surface area (Å²) in [6.07, 6.45) is 5.65. The molecule has 0 radical (unpaired) electrons. The van der Waals surface area contributed by atoms with Crippen LogP contribution in [0.5, 0.6) is 5.75 Å². The monoisotopic (exact) mass is 273 g/mol. The quantitative estimate of drug-likeness (QED) is 0.833. The second-order valence-electron chi connectivity index (χ2n) is 5.38. The number of aliphatic hydroxyl groups excluding tert-OH is 1. The Hall–Kier alpha value is -1.81. The predicted molar refractivity (Wildman–Crippen MR) is 76.5 cm³/mol. The lowest BCUT2D eigenvalue weighted by Gasteiger charge is -2.29. The number of carbonyl (C=O) groups excluding carboxylic acids is 1. The van der Waals surface area contributed by atoms with E-state index in [2.05, 4.69) is 6.07 Å². The Bertz CT molecular complexity index is 539. The molecule has 1 amide bonds. The summed E-state index contributed by atoms with van der Waals surface area (Å²) in [6.45, 7) is 1.92. The minimum atomic E-state index is -0.377. The van der Waals surface area contributed by atoms with E-state index in [9.17, 15) is 9.90 Å². The molecule has 0 aromatic heterocycles. The van der Waals surface area contributed by atoms with Crippen molar-refractivity contribution >= 4 is 12.0 Å². The van der Waals surface area contributed by atoms with E-state index in [-0.39, 0.29) is 12.0 Å². The maximum atomic E-state index is 12.1. The van der Waals surface area contributed by atoms with E-state index >= 15 is 0 Å². The third-order valence-corrected chi connectivity index (χ3v) is 3.84. The molecule has 3 rings (SSSR count). The largest absolute Gasteiger partial charge is 0.493 e. The molecule has 1 aromatic rings. The smallest absolute Gasteiger partial charge is 0.246 e. The first-order valence-electron chi connectivity index (χ1n) is 7.13. The number of aliphatic hydroxyl groups is 1. The lowest BCUT2D eigenvalue weighted by Crippen LogP contribution is -2.41. The van der Waals surface area contributed by atoms with Crippen LogP contribution in [-0.4, -0.2) is 41.7 Å². The normalized spacial score (nSPS) is 21.9. The number of hydrogen-bond acceptors (Lipinski definition) is 3.